The molecule has 0 aliphatic rings. The number of alkyl halides is 3. The summed E-state index contributed by atoms with van der Waals surface area (Å²) in [5.41, 5.74) is 0. The van der Waals surface area contributed by atoms with Crippen LogP contribution in [0.4, 0.5) is 13.2 Å². The molecular formula is CH5AlF3NS. The summed E-state index contributed by atoms with van der Waals surface area (Å²) < 4.78 is 34.3. The molecule has 0 fully saturated rings. The number of hydrogen-bond acceptors (Lipinski definition) is 2. The maximum atomic E-state index is 9.67. The van der Waals surface area contributed by atoms with Gasteiger partial charge < -0.3 is 0 Å². The van der Waals surface area contributed by atoms with Gasteiger partial charge in [0.1, 0.15) is 0 Å². The fraction of sp³-hybridized carbons (Fsp3) is 1.00. The van der Waals surface area contributed by atoms with Gasteiger partial charge >= 0.3 is 6.68 Å². The first-order valence-corrected chi connectivity index (χ1v) is 1.27. The molecule has 0 atom stereocenters. The molecule has 0 aromatic heterocycles. The molecule has 0 radical (unpaired) electrons. The van der Waals surface area contributed by atoms with E-state index >= 15 is 0 Å². The SMILES string of the molecule is FC(F)F.N=S.[AlH3]. The molecule has 7 heavy (non-hydrogen) atoms. The highest BCUT2D eigenvalue weighted by Crippen LogP contribution is 1.87. The van der Waals surface area contributed by atoms with Crippen LogP contribution in [0.15, 0.2) is 0 Å². The zero-order chi connectivity index (χ0) is 5.58. The van der Waals surface area contributed by atoms with Crippen molar-refractivity contribution in [3.05, 3.63) is 0 Å². The largest absolute Gasteiger partial charge is 0.379 e. The number of hydrogen-bond donors (Lipinski definition) is 1. The third-order valence-electron chi connectivity index (χ3n) is 0. The molecule has 0 heterocycles. The molecule has 1 N–H and O–H groups in total. The fourth-order valence-electron chi connectivity index (χ4n) is 0. The van der Waals surface area contributed by atoms with Crippen molar-refractivity contribution in [3.63, 3.8) is 0 Å². The van der Waals surface area contributed by atoms with Crippen LogP contribution in [0, 0.1) is 4.78 Å². The molecule has 0 bridgehead atoms. The first kappa shape index (κ1) is 15.7. The molecule has 0 aromatic carbocycles. The van der Waals surface area contributed by atoms with Gasteiger partial charge in [0, 0.05) is 12.4 Å². The summed E-state index contributed by atoms with van der Waals surface area (Å²) in [5, 5.41) is 0. The van der Waals surface area contributed by atoms with Gasteiger partial charge in [-0.15, -0.1) is 0 Å². The second-order valence-corrected chi connectivity index (χ2v) is 0.247. The van der Waals surface area contributed by atoms with Crippen LogP contribution in [0.1, 0.15) is 0 Å². The van der Waals surface area contributed by atoms with Gasteiger partial charge in [0.25, 0.3) is 0 Å². The van der Waals surface area contributed by atoms with Gasteiger partial charge in [-0.3, -0.25) is 0 Å². The van der Waals surface area contributed by atoms with Gasteiger partial charge in [-0.1, -0.05) is 0 Å². The first-order chi connectivity index (χ1) is 2.73. The number of nitrogens with one attached hydrogen (secondary N) is 1. The molecule has 44 valence electrons. The Morgan fingerprint density at radius 2 is 1.14 bits per heavy atom. The van der Waals surface area contributed by atoms with E-state index in [2.05, 4.69) is 12.4 Å². The van der Waals surface area contributed by atoms with E-state index in [1.54, 1.807) is 0 Å². The van der Waals surface area contributed by atoms with Crippen LogP contribution >= 0.6 is 0 Å². The highest BCUT2D eigenvalue weighted by molar-refractivity contribution is 7.45. The Hall–Kier alpha value is 0.342. The molecule has 0 aliphatic carbocycles. The van der Waals surface area contributed by atoms with Crippen LogP contribution in [-0.2, 0) is 12.4 Å². The minimum Gasteiger partial charge on any atom is -0.235 e. The zero-order valence-corrected chi connectivity index (χ0v) is 3.44. The van der Waals surface area contributed by atoms with Crippen molar-refractivity contribution in [2.24, 2.45) is 0 Å². The lowest BCUT2D eigenvalue weighted by molar-refractivity contribution is 0.00819. The normalized spacial score (nSPS) is 5.71. The van der Waals surface area contributed by atoms with Crippen molar-refractivity contribution in [1.29, 1.82) is 4.78 Å². The topological polar surface area (TPSA) is 23.9 Å². The standard InChI is InChI=1S/CHF3.Al.HNS.3H/c2-1(3)4;;1-2;;;/h1H;;1H;;;. The molecular weight excluding hydrogens is 142 g/mol. The van der Waals surface area contributed by atoms with Crippen LogP contribution in [0.2, 0.25) is 0 Å². The first-order valence-electron chi connectivity index (χ1n) is 0.859. The number of rotatable bonds is 0. The van der Waals surface area contributed by atoms with Gasteiger partial charge in [-0.05, 0) is 0 Å². The Balaban J connectivity index is -0.0000000480. The van der Waals surface area contributed by atoms with Gasteiger partial charge in [-0.25, -0.2) is 4.78 Å². The molecule has 1 nitrogen and oxygen atoms in total. The summed E-state index contributed by atoms with van der Waals surface area (Å²) in [6, 6.07) is 0. The van der Waals surface area contributed by atoms with Gasteiger partial charge in [0.05, 0.1) is 0 Å². The molecule has 0 saturated carbocycles. The summed E-state index contributed by atoms with van der Waals surface area (Å²) in [6.45, 7) is -3.67. The van der Waals surface area contributed by atoms with E-state index in [0.717, 1.165) is 0 Å². The Morgan fingerprint density at radius 1 is 1.14 bits per heavy atom. The van der Waals surface area contributed by atoms with E-state index in [1.807, 2.05) is 0 Å². The molecule has 0 aromatic rings. The van der Waals surface area contributed by atoms with Crippen molar-refractivity contribution in [3.8, 4) is 0 Å². The second kappa shape index (κ2) is 16.2. The van der Waals surface area contributed by atoms with Gasteiger partial charge in [0.2, 0.25) is 0 Å². The Bertz CT molecular complexity index is 26.1. The molecule has 0 rings (SSSR count). The predicted octanol–water partition coefficient (Wildman–Crippen LogP) is 0.290. The quantitative estimate of drug-likeness (QED) is 0.489. The van der Waals surface area contributed by atoms with Crippen LogP contribution in [0.25, 0.3) is 0 Å². The average molecular weight is 147 g/mol. The van der Waals surface area contributed by atoms with Crippen molar-refractivity contribution >= 4 is 29.8 Å². The van der Waals surface area contributed by atoms with Crippen LogP contribution < -0.4 is 0 Å². The average Bonchev–Trinajstić information content (AvgIpc) is 1.41. The van der Waals surface area contributed by atoms with Crippen LogP contribution in [0.5, 0.6) is 0 Å². The zero-order valence-electron chi connectivity index (χ0n) is 2.62. The van der Waals surface area contributed by atoms with Crippen molar-refractivity contribution in [1.82, 2.24) is 0 Å². The predicted molar refractivity (Wildman–Crippen MR) is 27.1 cm³/mol. The lowest BCUT2D eigenvalue weighted by atomic mass is 11.6. The van der Waals surface area contributed by atoms with Crippen molar-refractivity contribution < 1.29 is 13.2 Å². The molecule has 6 heteroatoms. The minimum absolute atomic E-state index is 0. The highest BCUT2D eigenvalue weighted by Gasteiger charge is 1.86. The summed E-state index contributed by atoms with van der Waals surface area (Å²) in [5.74, 6) is 0. The molecule has 0 spiro atoms. The summed E-state index contributed by atoms with van der Waals surface area (Å²) in [7, 11) is 0. The van der Waals surface area contributed by atoms with E-state index in [-0.39, 0.29) is 17.4 Å². The lowest BCUT2D eigenvalue weighted by Crippen LogP contribution is -1.65. The Morgan fingerprint density at radius 3 is 1.14 bits per heavy atom. The van der Waals surface area contributed by atoms with Crippen LogP contribution in [0.3, 0.4) is 0 Å². The minimum atomic E-state index is -3.67. The Labute approximate surface area is 55.0 Å². The number of halogens is 3. The third-order valence-corrected chi connectivity index (χ3v) is 0. The summed E-state index contributed by atoms with van der Waals surface area (Å²) in [4.78, 5) is 0. The molecule has 0 amide bonds. The maximum absolute atomic E-state index is 9.67. The van der Waals surface area contributed by atoms with Crippen LogP contribution in [-0.4, -0.2) is 24.0 Å². The Kier molecular flexibility index (Phi) is 36.3. The molecule has 0 unspecified atom stereocenters. The van der Waals surface area contributed by atoms with E-state index in [4.69, 9.17) is 4.78 Å². The van der Waals surface area contributed by atoms with E-state index < -0.39 is 6.68 Å². The van der Waals surface area contributed by atoms with E-state index in [1.165, 1.54) is 0 Å². The maximum Gasteiger partial charge on any atom is 0.379 e. The summed E-state index contributed by atoms with van der Waals surface area (Å²) >= 11 is 3.33. The van der Waals surface area contributed by atoms with Crippen molar-refractivity contribution in [2.75, 3.05) is 0 Å². The van der Waals surface area contributed by atoms with E-state index in [0.29, 0.717) is 0 Å². The van der Waals surface area contributed by atoms with E-state index in [9.17, 15) is 13.2 Å². The third kappa shape index (κ3) is 1020. The lowest BCUT2D eigenvalue weighted by Gasteiger charge is -1.65. The second-order valence-electron chi connectivity index (χ2n) is 0.247. The summed E-state index contributed by atoms with van der Waals surface area (Å²) in [6.07, 6.45) is 0. The molecule has 0 saturated heterocycles. The smallest absolute Gasteiger partial charge is 0.235 e. The van der Waals surface area contributed by atoms with Gasteiger partial charge in [-0.2, -0.15) is 13.2 Å². The van der Waals surface area contributed by atoms with Crippen molar-refractivity contribution in [2.45, 2.75) is 6.68 Å². The molecule has 0 aliphatic heterocycles. The fourth-order valence-corrected chi connectivity index (χ4v) is 0. The van der Waals surface area contributed by atoms with Gasteiger partial charge in [0.15, 0.2) is 17.4 Å². The monoisotopic (exact) mass is 147 g/mol. The highest BCUT2D eigenvalue weighted by atomic mass is 32.1.